The molecule has 0 N–H and O–H groups in total. The molecule has 0 saturated carbocycles. The van der Waals surface area contributed by atoms with Crippen LogP contribution in [0.25, 0.3) is 0 Å². The summed E-state index contributed by atoms with van der Waals surface area (Å²) in [6, 6.07) is 13.8. The summed E-state index contributed by atoms with van der Waals surface area (Å²) in [5.74, 6) is -0.237. The van der Waals surface area contributed by atoms with E-state index in [0.29, 0.717) is 5.56 Å². The van der Waals surface area contributed by atoms with E-state index in [4.69, 9.17) is 4.74 Å². The Bertz CT molecular complexity index is 635. The summed E-state index contributed by atoms with van der Waals surface area (Å²) in [4.78, 5) is 12.1. The first-order chi connectivity index (χ1) is 9.15. The second-order valence-corrected chi connectivity index (χ2v) is 5.67. The van der Waals surface area contributed by atoms with Crippen molar-refractivity contribution in [3.8, 4) is 0 Å². The van der Waals surface area contributed by atoms with Crippen LogP contribution in [0, 0.1) is 6.92 Å². The van der Waals surface area contributed by atoms with E-state index >= 15 is 0 Å². The van der Waals surface area contributed by atoms with Gasteiger partial charge in [-0.15, -0.1) is 0 Å². The van der Waals surface area contributed by atoms with E-state index in [1.165, 1.54) is 0 Å². The Morgan fingerprint density at radius 2 is 1.95 bits per heavy atom. The molecule has 3 heteroatoms. The number of benzene rings is 2. The second-order valence-electron chi connectivity index (χ2n) is 4.76. The molecular weight excluding hydrogens is 304 g/mol. The van der Waals surface area contributed by atoms with Gasteiger partial charge in [0.25, 0.3) is 0 Å². The Morgan fingerprint density at radius 3 is 2.68 bits per heavy atom. The van der Waals surface area contributed by atoms with Crippen LogP contribution in [-0.2, 0) is 11.2 Å². The van der Waals surface area contributed by atoms with Crippen molar-refractivity contribution in [3.63, 3.8) is 0 Å². The van der Waals surface area contributed by atoms with E-state index in [0.717, 1.165) is 27.6 Å². The van der Waals surface area contributed by atoms with Gasteiger partial charge in [0.1, 0.15) is 6.10 Å². The van der Waals surface area contributed by atoms with Gasteiger partial charge in [0.15, 0.2) is 0 Å². The highest BCUT2D eigenvalue weighted by molar-refractivity contribution is 9.10. The molecule has 0 saturated heterocycles. The van der Waals surface area contributed by atoms with Crippen LogP contribution >= 0.6 is 15.9 Å². The lowest BCUT2D eigenvalue weighted by Gasteiger charge is -2.26. The van der Waals surface area contributed by atoms with Gasteiger partial charge in [0.2, 0.25) is 0 Å². The average molecular weight is 317 g/mol. The molecule has 0 aliphatic carbocycles. The number of aryl methyl sites for hydroxylation is 1. The van der Waals surface area contributed by atoms with Gasteiger partial charge in [0, 0.05) is 10.9 Å². The molecule has 0 fully saturated rings. The first-order valence-electron chi connectivity index (χ1n) is 6.20. The van der Waals surface area contributed by atoms with Gasteiger partial charge in [-0.2, -0.15) is 0 Å². The van der Waals surface area contributed by atoms with Crippen molar-refractivity contribution in [2.45, 2.75) is 19.4 Å². The minimum Gasteiger partial charge on any atom is -0.454 e. The predicted octanol–water partition coefficient (Wildman–Crippen LogP) is 4.21. The number of fused-ring (bicyclic) bond motifs is 1. The summed E-state index contributed by atoms with van der Waals surface area (Å²) in [5, 5.41) is 0. The average Bonchev–Trinajstić information content (AvgIpc) is 2.41. The topological polar surface area (TPSA) is 26.3 Å². The molecule has 2 aromatic carbocycles. The molecule has 1 aliphatic rings. The molecule has 0 spiro atoms. The lowest BCUT2D eigenvalue weighted by atomic mass is 9.91. The van der Waals surface area contributed by atoms with Crippen LogP contribution in [0.2, 0.25) is 0 Å². The van der Waals surface area contributed by atoms with Crippen molar-refractivity contribution < 1.29 is 9.53 Å². The Morgan fingerprint density at radius 1 is 1.21 bits per heavy atom. The van der Waals surface area contributed by atoms with Crippen molar-refractivity contribution in [2.24, 2.45) is 0 Å². The number of ether oxygens (including phenoxy) is 1. The molecule has 0 radical (unpaired) electrons. The van der Waals surface area contributed by atoms with E-state index in [9.17, 15) is 4.79 Å². The Hall–Kier alpha value is -1.61. The lowest BCUT2D eigenvalue weighted by molar-refractivity contribution is 0.0252. The van der Waals surface area contributed by atoms with Crippen LogP contribution in [0.4, 0.5) is 0 Å². The van der Waals surface area contributed by atoms with Crippen molar-refractivity contribution >= 4 is 21.9 Å². The molecule has 2 aromatic rings. The van der Waals surface area contributed by atoms with E-state index in [2.05, 4.69) is 15.9 Å². The van der Waals surface area contributed by atoms with Crippen LogP contribution in [0.15, 0.2) is 46.9 Å². The largest absolute Gasteiger partial charge is 0.454 e. The third kappa shape index (κ3) is 2.30. The predicted molar refractivity (Wildman–Crippen MR) is 77.2 cm³/mol. The molecular formula is C16H13BrO2. The molecule has 96 valence electrons. The first kappa shape index (κ1) is 12.4. The Kier molecular flexibility index (Phi) is 3.15. The molecule has 1 aliphatic heterocycles. The van der Waals surface area contributed by atoms with Gasteiger partial charge in [0.05, 0.1) is 5.56 Å². The summed E-state index contributed by atoms with van der Waals surface area (Å²) >= 11 is 3.42. The summed E-state index contributed by atoms with van der Waals surface area (Å²) in [6.45, 7) is 2.03. The third-order valence-corrected chi connectivity index (χ3v) is 3.93. The van der Waals surface area contributed by atoms with Gasteiger partial charge < -0.3 is 4.74 Å². The van der Waals surface area contributed by atoms with Gasteiger partial charge in [-0.1, -0.05) is 46.3 Å². The van der Waals surface area contributed by atoms with Gasteiger partial charge in [-0.3, -0.25) is 0 Å². The SMILES string of the molecule is Cc1cc(Br)cc2c1CC(c1ccccc1)OC2=O. The fourth-order valence-corrected chi connectivity index (χ4v) is 3.07. The monoisotopic (exact) mass is 316 g/mol. The molecule has 1 heterocycles. The third-order valence-electron chi connectivity index (χ3n) is 3.47. The van der Waals surface area contributed by atoms with E-state index < -0.39 is 0 Å². The lowest BCUT2D eigenvalue weighted by Crippen LogP contribution is -2.22. The Labute approximate surface area is 120 Å². The van der Waals surface area contributed by atoms with Crippen molar-refractivity contribution in [2.75, 3.05) is 0 Å². The molecule has 19 heavy (non-hydrogen) atoms. The summed E-state index contributed by atoms with van der Waals surface area (Å²) in [5.41, 5.74) is 3.94. The molecule has 1 unspecified atom stereocenters. The number of hydrogen-bond acceptors (Lipinski definition) is 2. The highest BCUT2D eigenvalue weighted by atomic mass is 79.9. The number of carbonyl (C=O) groups excluding carboxylic acids is 1. The maximum absolute atomic E-state index is 12.1. The van der Waals surface area contributed by atoms with Crippen LogP contribution in [0.3, 0.4) is 0 Å². The standard InChI is InChI=1S/C16H13BrO2/c1-10-7-12(17)8-14-13(10)9-15(19-16(14)18)11-5-3-2-4-6-11/h2-8,15H,9H2,1H3. The molecule has 2 nitrogen and oxygen atoms in total. The minimum absolute atomic E-state index is 0.180. The second kappa shape index (κ2) is 4.82. The highest BCUT2D eigenvalue weighted by Crippen LogP contribution is 2.33. The van der Waals surface area contributed by atoms with Crippen molar-refractivity contribution in [3.05, 3.63) is 69.2 Å². The number of esters is 1. The van der Waals surface area contributed by atoms with Gasteiger partial charge in [-0.25, -0.2) is 4.79 Å². The summed E-state index contributed by atoms with van der Waals surface area (Å²) < 4.78 is 6.46. The quantitative estimate of drug-likeness (QED) is 0.737. The summed E-state index contributed by atoms with van der Waals surface area (Å²) in [7, 11) is 0. The van der Waals surface area contributed by atoms with Crippen LogP contribution < -0.4 is 0 Å². The molecule has 1 atom stereocenters. The van der Waals surface area contributed by atoms with E-state index in [1.807, 2.05) is 49.4 Å². The van der Waals surface area contributed by atoms with E-state index in [-0.39, 0.29) is 12.1 Å². The highest BCUT2D eigenvalue weighted by Gasteiger charge is 2.28. The number of carbonyl (C=O) groups is 1. The van der Waals surface area contributed by atoms with Crippen molar-refractivity contribution in [1.82, 2.24) is 0 Å². The fourth-order valence-electron chi connectivity index (χ4n) is 2.50. The fraction of sp³-hybridized carbons (Fsp3) is 0.188. The maximum atomic E-state index is 12.1. The smallest absolute Gasteiger partial charge is 0.339 e. The number of rotatable bonds is 1. The maximum Gasteiger partial charge on any atom is 0.339 e. The number of hydrogen-bond donors (Lipinski definition) is 0. The van der Waals surface area contributed by atoms with Gasteiger partial charge in [-0.05, 0) is 35.7 Å². The molecule has 0 aromatic heterocycles. The minimum atomic E-state index is -0.237. The first-order valence-corrected chi connectivity index (χ1v) is 6.99. The summed E-state index contributed by atoms with van der Waals surface area (Å²) in [6.07, 6.45) is 0.561. The zero-order chi connectivity index (χ0) is 13.4. The normalized spacial score (nSPS) is 17.8. The molecule has 0 amide bonds. The number of cyclic esters (lactones) is 1. The van der Waals surface area contributed by atoms with Crippen LogP contribution in [-0.4, -0.2) is 5.97 Å². The molecule has 3 rings (SSSR count). The Balaban J connectivity index is 2.03. The van der Waals surface area contributed by atoms with Crippen LogP contribution in [0.5, 0.6) is 0 Å². The number of halogens is 1. The van der Waals surface area contributed by atoms with E-state index in [1.54, 1.807) is 0 Å². The zero-order valence-electron chi connectivity index (χ0n) is 10.5. The van der Waals surface area contributed by atoms with Crippen molar-refractivity contribution in [1.29, 1.82) is 0 Å². The zero-order valence-corrected chi connectivity index (χ0v) is 12.1. The molecule has 0 bridgehead atoms. The van der Waals surface area contributed by atoms with Crippen LogP contribution in [0.1, 0.15) is 33.2 Å². The van der Waals surface area contributed by atoms with Gasteiger partial charge >= 0.3 is 5.97 Å².